The molecule has 1 aliphatic heterocycles. The molecule has 2 unspecified atom stereocenters. The smallest absolute Gasteiger partial charge is 0.239 e. The van der Waals surface area contributed by atoms with Gasteiger partial charge in [0.05, 0.1) is 6.04 Å². The summed E-state index contributed by atoms with van der Waals surface area (Å²) >= 11 is 0. The number of piperidine rings is 1. The lowest BCUT2D eigenvalue weighted by Crippen LogP contribution is -2.51. The van der Waals surface area contributed by atoms with Crippen molar-refractivity contribution in [3.63, 3.8) is 0 Å². The summed E-state index contributed by atoms with van der Waals surface area (Å²) in [5.74, 6) is 0.679. The second-order valence-corrected chi connectivity index (χ2v) is 4.82. The van der Waals surface area contributed by atoms with E-state index < -0.39 is 0 Å². The van der Waals surface area contributed by atoms with Gasteiger partial charge in [0.1, 0.15) is 0 Å². The van der Waals surface area contributed by atoms with Crippen molar-refractivity contribution in [2.45, 2.75) is 45.6 Å². The fourth-order valence-corrected chi connectivity index (χ4v) is 2.48. The van der Waals surface area contributed by atoms with E-state index >= 15 is 0 Å². The molecule has 17 heavy (non-hydrogen) atoms. The largest absolute Gasteiger partial charge is 0.396 e. The van der Waals surface area contributed by atoms with Crippen LogP contribution in [0.5, 0.6) is 0 Å². The fourth-order valence-electron chi connectivity index (χ4n) is 2.48. The molecule has 1 fully saturated rings. The van der Waals surface area contributed by atoms with Crippen LogP contribution in [0, 0.1) is 5.92 Å². The maximum absolute atomic E-state index is 12.2. The van der Waals surface area contributed by atoms with Crippen molar-refractivity contribution in [3.05, 3.63) is 0 Å². The van der Waals surface area contributed by atoms with Crippen LogP contribution in [0.3, 0.4) is 0 Å². The molecule has 4 heteroatoms. The van der Waals surface area contributed by atoms with E-state index in [-0.39, 0.29) is 18.6 Å². The molecule has 2 N–H and O–H groups in total. The van der Waals surface area contributed by atoms with Crippen LogP contribution >= 0.6 is 0 Å². The Hall–Kier alpha value is -0.610. The summed E-state index contributed by atoms with van der Waals surface area (Å²) in [5.41, 5.74) is 0. The van der Waals surface area contributed by atoms with E-state index in [0.29, 0.717) is 5.92 Å². The number of carbonyl (C=O) groups is 1. The Labute approximate surface area is 104 Å². The Kier molecular flexibility index (Phi) is 6.52. The van der Waals surface area contributed by atoms with Gasteiger partial charge in [0, 0.05) is 19.7 Å². The summed E-state index contributed by atoms with van der Waals surface area (Å²) < 4.78 is 0. The van der Waals surface area contributed by atoms with Crippen LogP contribution < -0.4 is 5.32 Å². The Morgan fingerprint density at radius 2 is 2.29 bits per heavy atom. The Morgan fingerprint density at radius 1 is 1.53 bits per heavy atom. The lowest BCUT2D eigenvalue weighted by molar-refractivity contribution is -0.136. The predicted molar refractivity (Wildman–Crippen MR) is 68.8 cm³/mol. The SMILES string of the molecule is CCNC1CCCN(CC(CC)CCO)C1=O. The van der Waals surface area contributed by atoms with Gasteiger partial charge in [-0.25, -0.2) is 0 Å². The van der Waals surface area contributed by atoms with Crippen LogP contribution in [-0.2, 0) is 4.79 Å². The molecule has 0 aromatic rings. The van der Waals surface area contributed by atoms with Crippen molar-refractivity contribution in [1.82, 2.24) is 10.2 Å². The molecule has 1 heterocycles. The quantitative estimate of drug-likeness (QED) is 0.700. The Balaban J connectivity index is 2.48. The molecule has 100 valence electrons. The highest BCUT2D eigenvalue weighted by Gasteiger charge is 2.28. The van der Waals surface area contributed by atoms with Crippen molar-refractivity contribution < 1.29 is 9.90 Å². The van der Waals surface area contributed by atoms with Crippen molar-refractivity contribution >= 4 is 5.91 Å². The maximum Gasteiger partial charge on any atom is 0.239 e. The molecule has 0 aromatic heterocycles. The predicted octanol–water partition coefficient (Wildman–Crippen LogP) is 0.995. The van der Waals surface area contributed by atoms with Crippen LogP contribution in [0.2, 0.25) is 0 Å². The zero-order chi connectivity index (χ0) is 12.7. The minimum absolute atomic E-state index is 0.0142. The van der Waals surface area contributed by atoms with Crippen molar-refractivity contribution in [2.75, 3.05) is 26.2 Å². The summed E-state index contributed by atoms with van der Waals surface area (Å²) in [7, 11) is 0. The first-order valence-corrected chi connectivity index (χ1v) is 6.85. The molecule has 2 atom stereocenters. The molecule has 1 aliphatic rings. The zero-order valence-electron chi connectivity index (χ0n) is 11.1. The van der Waals surface area contributed by atoms with Crippen molar-refractivity contribution in [1.29, 1.82) is 0 Å². The number of likely N-dealkylation sites (tertiary alicyclic amines) is 1. The second-order valence-electron chi connectivity index (χ2n) is 4.82. The van der Waals surface area contributed by atoms with E-state index in [0.717, 1.165) is 45.3 Å². The highest BCUT2D eigenvalue weighted by molar-refractivity contribution is 5.82. The van der Waals surface area contributed by atoms with E-state index in [1.54, 1.807) is 0 Å². The topological polar surface area (TPSA) is 52.6 Å². The van der Waals surface area contributed by atoms with E-state index in [9.17, 15) is 4.79 Å². The first-order valence-electron chi connectivity index (χ1n) is 6.85. The fraction of sp³-hybridized carbons (Fsp3) is 0.923. The number of carbonyl (C=O) groups excluding carboxylic acids is 1. The third-order valence-electron chi connectivity index (χ3n) is 3.57. The molecule has 1 rings (SSSR count). The van der Waals surface area contributed by atoms with Crippen molar-refractivity contribution in [2.24, 2.45) is 5.92 Å². The highest BCUT2D eigenvalue weighted by Crippen LogP contribution is 2.16. The van der Waals surface area contributed by atoms with Gasteiger partial charge < -0.3 is 15.3 Å². The number of nitrogens with one attached hydrogen (secondary N) is 1. The molecular weight excluding hydrogens is 216 g/mol. The summed E-state index contributed by atoms with van der Waals surface area (Å²) in [6.45, 7) is 6.90. The molecule has 0 aromatic carbocycles. The number of rotatable bonds is 7. The Morgan fingerprint density at radius 3 is 2.88 bits per heavy atom. The van der Waals surface area contributed by atoms with Gasteiger partial charge in [0.2, 0.25) is 5.91 Å². The number of aliphatic hydroxyl groups excluding tert-OH is 1. The number of hydrogen-bond acceptors (Lipinski definition) is 3. The molecule has 0 radical (unpaired) electrons. The van der Waals surface area contributed by atoms with Crippen LogP contribution in [0.25, 0.3) is 0 Å². The summed E-state index contributed by atoms with van der Waals surface area (Å²) in [4.78, 5) is 14.1. The molecule has 1 amide bonds. The van der Waals surface area contributed by atoms with E-state index in [4.69, 9.17) is 5.11 Å². The van der Waals surface area contributed by atoms with E-state index in [1.165, 1.54) is 0 Å². The third-order valence-corrected chi connectivity index (χ3v) is 3.57. The average Bonchev–Trinajstić information content (AvgIpc) is 2.33. The molecule has 1 saturated heterocycles. The zero-order valence-corrected chi connectivity index (χ0v) is 11.1. The number of amides is 1. The van der Waals surface area contributed by atoms with Crippen LogP contribution in [0.15, 0.2) is 0 Å². The summed E-state index contributed by atoms with van der Waals surface area (Å²) in [5, 5.41) is 12.2. The first kappa shape index (κ1) is 14.5. The second kappa shape index (κ2) is 7.67. The van der Waals surface area contributed by atoms with E-state index in [2.05, 4.69) is 12.2 Å². The van der Waals surface area contributed by atoms with Gasteiger partial charge >= 0.3 is 0 Å². The lowest BCUT2D eigenvalue weighted by Gasteiger charge is -2.34. The van der Waals surface area contributed by atoms with Gasteiger partial charge in [-0.2, -0.15) is 0 Å². The van der Waals surface area contributed by atoms with Crippen LogP contribution in [0.4, 0.5) is 0 Å². The lowest BCUT2D eigenvalue weighted by atomic mass is 9.98. The van der Waals surface area contributed by atoms with Gasteiger partial charge in [-0.3, -0.25) is 4.79 Å². The van der Waals surface area contributed by atoms with Crippen LogP contribution in [-0.4, -0.2) is 48.2 Å². The molecule has 0 spiro atoms. The molecular formula is C13H26N2O2. The first-order chi connectivity index (χ1) is 8.22. The monoisotopic (exact) mass is 242 g/mol. The summed E-state index contributed by atoms with van der Waals surface area (Å²) in [6.07, 6.45) is 3.86. The number of hydrogen-bond donors (Lipinski definition) is 2. The number of likely N-dealkylation sites (N-methyl/N-ethyl adjacent to an activating group) is 1. The normalized spacial score (nSPS) is 22.9. The minimum Gasteiger partial charge on any atom is -0.396 e. The molecule has 0 aliphatic carbocycles. The Bertz CT molecular complexity index is 231. The summed E-state index contributed by atoms with van der Waals surface area (Å²) in [6, 6.07) is 0.0142. The molecule has 0 saturated carbocycles. The van der Waals surface area contributed by atoms with Crippen molar-refractivity contribution in [3.8, 4) is 0 Å². The van der Waals surface area contributed by atoms with Gasteiger partial charge in [-0.05, 0) is 31.7 Å². The van der Waals surface area contributed by atoms with Gasteiger partial charge in [0.15, 0.2) is 0 Å². The van der Waals surface area contributed by atoms with Crippen LogP contribution in [0.1, 0.15) is 39.5 Å². The number of nitrogens with zero attached hydrogens (tertiary/aromatic N) is 1. The third kappa shape index (κ3) is 4.28. The van der Waals surface area contributed by atoms with Gasteiger partial charge in [-0.15, -0.1) is 0 Å². The standard InChI is InChI=1S/C13H26N2O2/c1-3-11(7-9-16)10-15-8-5-6-12(13(15)17)14-4-2/h11-12,14,16H,3-10H2,1-2H3. The molecule has 0 bridgehead atoms. The van der Waals surface area contributed by atoms with Gasteiger partial charge in [0.25, 0.3) is 0 Å². The van der Waals surface area contributed by atoms with Gasteiger partial charge in [-0.1, -0.05) is 20.3 Å². The maximum atomic E-state index is 12.2. The molecule has 4 nitrogen and oxygen atoms in total. The van der Waals surface area contributed by atoms with E-state index in [1.807, 2.05) is 11.8 Å². The highest BCUT2D eigenvalue weighted by atomic mass is 16.3. The average molecular weight is 242 g/mol. The minimum atomic E-state index is 0.0142. The number of aliphatic hydroxyl groups is 1.